The molecule has 0 saturated heterocycles. The number of carbonyl (C=O) groups is 3. The first-order valence-electron chi connectivity index (χ1n) is 13.6. The van der Waals surface area contributed by atoms with E-state index >= 15 is 0 Å². The quantitative estimate of drug-likeness (QED) is 0.117. The van der Waals surface area contributed by atoms with Crippen LogP contribution in [0.3, 0.4) is 0 Å². The van der Waals surface area contributed by atoms with Gasteiger partial charge in [0.1, 0.15) is 13.1 Å². The number of imidazole rings is 1. The Bertz CT molecular complexity index is 1820. The van der Waals surface area contributed by atoms with Crippen LogP contribution in [0.5, 0.6) is 0 Å². The molecule has 0 spiro atoms. The molecule has 0 bridgehead atoms. The molecule has 1 aromatic heterocycles. The molecule has 0 aliphatic carbocycles. The predicted octanol–water partition coefficient (Wildman–Crippen LogP) is 3.70. The minimum atomic E-state index is -2.36. The SMILES string of the molecule is CCN(CC)c1ccc(N(CC(N)=O)C(=O)Cn2c(=O)n(Cc3c(F)c(F)c(F)c(F)c3F)c3ccc(C(=O)OC)cc32)cc1. The number of methoxy groups -OCH3 is 1. The van der Waals surface area contributed by atoms with Gasteiger partial charge in [-0.1, -0.05) is 0 Å². The fourth-order valence-electron chi connectivity index (χ4n) is 4.95. The third-order valence-electron chi connectivity index (χ3n) is 7.26. The van der Waals surface area contributed by atoms with Crippen molar-refractivity contribution in [3.05, 3.63) is 93.2 Å². The number of nitrogens with zero attached hydrogens (tertiary/aromatic N) is 4. The number of ether oxygens (including phenoxy) is 1. The molecule has 0 radical (unpaired) electrons. The first-order chi connectivity index (χ1) is 21.3. The average Bonchev–Trinajstić information content (AvgIpc) is 3.29. The number of anilines is 2. The van der Waals surface area contributed by atoms with Gasteiger partial charge in [-0.25, -0.2) is 31.5 Å². The third-order valence-corrected chi connectivity index (χ3v) is 7.26. The normalized spacial score (nSPS) is 11.1. The highest BCUT2D eigenvalue weighted by Crippen LogP contribution is 2.26. The van der Waals surface area contributed by atoms with Crippen molar-refractivity contribution in [1.29, 1.82) is 0 Å². The van der Waals surface area contributed by atoms with Crippen LogP contribution in [0.2, 0.25) is 0 Å². The predicted molar refractivity (Wildman–Crippen MR) is 154 cm³/mol. The fourth-order valence-corrected chi connectivity index (χ4v) is 4.95. The van der Waals surface area contributed by atoms with E-state index in [0.717, 1.165) is 22.3 Å². The zero-order valence-electron chi connectivity index (χ0n) is 24.4. The number of hydrogen-bond donors (Lipinski definition) is 1. The maximum atomic E-state index is 14.6. The number of amides is 2. The van der Waals surface area contributed by atoms with Crippen molar-refractivity contribution in [3.63, 3.8) is 0 Å². The lowest BCUT2D eigenvalue weighted by atomic mass is 10.1. The highest BCUT2D eigenvalue weighted by Gasteiger charge is 2.28. The summed E-state index contributed by atoms with van der Waals surface area (Å²) in [6.45, 7) is 2.90. The third kappa shape index (κ3) is 6.23. The summed E-state index contributed by atoms with van der Waals surface area (Å²) in [5.41, 5.74) is 3.87. The van der Waals surface area contributed by atoms with Gasteiger partial charge in [-0.2, -0.15) is 0 Å². The van der Waals surface area contributed by atoms with E-state index < -0.39 is 77.8 Å². The van der Waals surface area contributed by atoms with Crippen molar-refractivity contribution in [1.82, 2.24) is 9.13 Å². The summed E-state index contributed by atoms with van der Waals surface area (Å²) in [5, 5.41) is 0. The zero-order chi connectivity index (χ0) is 33.2. The molecular weight excluding hydrogens is 605 g/mol. The standard InChI is InChI=1S/C30H28F5N5O5/c1-4-37(5-2)17-7-9-18(10-8-17)38(14-22(36)41)23(42)15-40-21-12-16(29(43)45-3)6-11-20(21)39(30(40)44)13-19-24(31)26(33)28(35)27(34)25(19)32/h6-12H,4-5,13-15H2,1-3H3,(H2,36,41). The number of rotatable bonds is 11. The summed E-state index contributed by atoms with van der Waals surface area (Å²) in [6.07, 6.45) is 0. The fraction of sp³-hybridized carbons (Fsp3) is 0.267. The van der Waals surface area contributed by atoms with Crippen molar-refractivity contribution in [2.75, 3.05) is 36.5 Å². The van der Waals surface area contributed by atoms with Gasteiger partial charge in [0.05, 0.1) is 30.3 Å². The van der Waals surface area contributed by atoms with Gasteiger partial charge in [0.25, 0.3) is 0 Å². The number of nitrogens with two attached hydrogens (primary N) is 1. The molecule has 2 amide bonds. The monoisotopic (exact) mass is 633 g/mol. The number of esters is 1. The highest BCUT2D eigenvalue weighted by atomic mass is 19.2. The molecule has 45 heavy (non-hydrogen) atoms. The van der Waals surface area contributed by atoms with Gasteiger partial charge in [0, 0.05) is 30.0 Å². The minimum absolute atomic E-state index is 0.0689. The molecule has 15 heteroatoms. The van der Waals surface area contributed by atoms with Crippen LogP contribution >= 0.6 is 0 Å². The Morgan fingerprint density at radius 3 is 1.89 bits per heavy atom. The lowest BCUT2D eigenvalue weighted by Crippen LogP contribution is -2.42. The number of carbonyl (C=O) groups excluding carboxylic acids is 3. The van der Waals surface area contributed by atoms with E-state index in [1.807, 2.05) is 18.7 Å². The van der Waals surface area contributed by atoms with Crippen molar-refractivity contribution >= 4 is 40.2 Å². The van der Waals surface area contributed by atoms with Crippen LogP contribution in [-0.4, -0.2) is 53.7 Å². The van der Waals surface area contributed by atoms with Crippen molar-refractivity contribution in [2.24, 2.45) is 5.73 Å². The minimum Gasteiger partial charge on any atom is -0.465 e. The maximum absolute atomic E-state index is 14.6. The maximum Gasteiger partial charge on any atom is 0.337 e. The molecule has 0 unspecified atom stereocenters. The molecule has 0 fully saturated rings. The number of fused-ring (bicyclic) bond motifs is 1. The number of aromatic nitrogens is 2. The second-order valence-corrected chi connectivity index (χ2v) is 9.83. The lowest BCUT2D eigenvalue weighted by molar-refractivity contribution is -0.122. The van der Waals surface area contributed by atoms with Crippen LogP contribution < -0.4 is 21.2 Å². The molecule has 3 aromatic carbocycles. The van der Waals surface area contributed by atoms with Gasteiger partial charge in [-0.15, -0.1) is 0 Å². The topological polar surface area (TPSA) is 120 Å². The van der Waals surface area contributed by atoms with Crippen molar-refractivity contribution in [2.45, 2.75) is 26.9 Å². The Morgan fingerprint density at radius 1 is 0.800 bits per heavy atom. The first-order valence-corrected chi connectivity index (χ1v) is 13.6. The summed E-state index contributed by atoms with van der Waals surface area (Å²) in [5.74, 6) is -13.5. The van der Waals surface area contributed by atoms with E-state index in [1.165, 1.54) is 18.2 Å². The van der Waals surface area contributed by atoms with Crippen molar-refractivity contribution < 1.29 is 41.1 Å². The van der Waals surface area contributed by atoms with Crippen LogP contribution in [0.4, 0.5) is 33.3 Å². The smallest absolute Gasteiger partial charge is 0.337 e. The zero-order valence-corrected chi connectivity index (χ0v) is 24.4. The Balaban J connectivity index is 1.83. The van der Waals surface area contributed by atoms with E-state index in [1.54, 1.807) is 24.3 Å². The Morgan fingerprint density at radius 2 is 1.36 bits per heavy atom. The van der Waals surface area contributed by atoms with E-state index in [9.17, 15) is 41.1 Å². The van der Waals surface area contributed by atoms with Gasteiger partial charge in [-0.05, 0) is 56.3 Å². The number of benzene rings is 3. The van der Waals surface area contributed by atoms with Crippen LogP contribution in [0, 0.1) is 29.1 Å². The van der Waals surface area contributed by atoms with Gasteiger partial charge in [-0.3, -0.25) is 18.7 Å². The van der Waals surface area contributed by atoms with Gasteiger partial charge >= 0.3 is 11.7 Å². The summed E-state index contributed by atoms with van der Waals surface area (Å²) in [4.78, 5) is 54.5. The van der Waals surface area contributed by atoms with Gasteiger partial charge in [0.2, 0.25) is 17.6 Å². The summed E-state index contributed by atoms with van der Waals surface area (Å²) < 4.78 is 76.9. The molecule has 238 valence electrons. The molecule has 10 nitrogen and oxygen atoms in total. The molecule has 2 N–H and O–H groups in total. The van der Waals surface area contributed by atoms with Crippen molar-refractivity contribution in [3.8, 4) is 0 Å². The van der Waals surface area contributed by atoms with Crippen LogP contribution in [0.25, 0.3) is 11.0 Å². The average molecular weight is 634 g/mol. The molecule has 1 heterocycles. The molecule has 4 aromatic rings. The van der Waals surface area contributed by atoms with Crippen LogP contribution in [-0.2, 0) is 27.4 Å². The first kappa shape index (κ1) is 32.7. The second-order valence-electron chi connectivity index (χ2n) is 9.83. The largest absolute Gasteiger partial charge is 0.465 e. The van der Waals surface area contributed by atoms with Gasteiger partial charge < -0.3 is 20.3 Å². The van der Waals surface area contributed by atoms with E-state index in [-0.39, 0.29) is 22.3 Å². The Hall–Kier alpha value is -5.21. The van der Waals surface area contributed by atoms with E-state index in [0.29, 0.717) is 17.7 Å². The summed E-state index contributed by atoms with van der Waals surface area (Å²) in [7, 11) is 1.10. The number of hydrogen-bond acceptors (Lipinski definition) is 6. The summed E-state index contributed by atoms with van der Waals surface area (Å²) >= 11 is 0. The Labute approximate surface area is 253 Å². The van der Waals surface area contributed by atoms with Crippen LogP contribution in [0.1, 0.15) is 29.8 Å². The number of primary amides is 1. The Kier molecular flexibility index (Phi) is 9.59. The second kappa shape index (κ2) is 13.2. The molecular formula is C30H28F5N5O5. The van der Waals surface area contributed by atoms with E-state index in [4.69, 9.17) is 10.5 Å². The van der Waals surface area contributed by atoms with E-state index in [2.05, 4.69) is 0 Å². The number of halogens is 5. The molecule has 0 saturated carbocycles. The molecule has 0 aliphatic heterocycles. The highest BCUT2D eigenvalue weighted by molar-refractivity contribution is 5.99. The van der Waals surface area contributed by atoms with Gasteiger partial charge in [0.15, 0.2) is 23.3 Å². The molecule has 0 atom stereocenters. The van der Waals surface area contributed by atoms with Crippen LogP contribution in [0.15, 0.2) is 47.3 Å². The molecule has 4 rings (SSSR count). The molecule has 0 aliphatic rings. The summed E-state index contributed by atoms with van der Waals surface area (Å²) in [6, 6.07) is 10.2. The lowest BCUT2D eigenvalue weighted by Gasteiger charge is -2.24.